The normalized spacial score (nSPS) is 19.2. The summed E-state index contributed by atoms with van der Waals surface area (Å²) in [5.74, 6) is 1.24. The average Bonchev–Trinajstić information content (AvgIpc) is 2.77. The van der Waals surface area contributed by atoms with Crippen molar-refractivity contribution in [1.29, 1.82) is 0 Å². The van der Waals surface area contributed by atoms with Gasteiger partial charge in [0.1, 0.15) is 0 Å². The zero-order valence-corrected chi connectivity index (χ0v) is 17.9. The lowest BCUT2D eigenvalue weighted by Crippen LogP contribution is -2.35. The maximum absolute atomic E-state index is 13.1. The highest BCUT2D eigenvalue weighted by molar-refractivity contribution is 5.81. The van der Waals surface area contributed by atoms with E-state index >= 15 is 0 Å². The summed E-state index contributed by atoms with van der Waals surface area (Å²) < 4.78 is 13.5. The fourth-order valence-electron chi connectivity index (χ4n) is 4.17. The average molecular weight is 408 g/mol. The Bertz CT molecular complexity index is 1050. The Hall–Kier alpha value is -2.86. The van der Waals surface area contributed by atoms with Crippen LogP contribution in [0, 0.1) is 0 Å². The first kappa shape index (κ1) is 20.4. The van der Waals surface area contributed by atoms with Crippen LogP contribution in [0.25, 0.3) is 10.9 Å². The van der Waals surface area contributed by atoms with Gasteiger partial charge >= 0.3 is 0 Å². The van der Waals surface area contributed by atoms with Gasteiger partial charge in [0.25, 0.3) is 5.56 Å². The van der Waals surface area contributed by atoms with E-state index in [-0.39, 0.29) is 11.7 Å². The maximum atomic E-state index is 13.1. The summed E-state index contributed by atoms with van der Waals surface area (Å²) in [6.45, 7) is 0.485. The van der Waals surface area contributed by atoms with E-state index in [0.717, 1.165) is 31.2 Å². The minimum atomic E-state index is -0.0762. The van der Waals surface area contributed by atoms with E-state index in [1.807, 2.05) is 30.3 Å². The Morgan fingerprint density at radius 3 is 2.47 bits per heavy atom. The van der Waals surface area contributed by atoms with Gasteiger partial charge in [-0.05, 0) is 51.4 Å². The molecular weight excluding hydrogens is 378 g/mol. The van der Waals surface area contributed by atoms with Gasteiger partial charge in [0.15, 0.2) is 11.5 Å². The summed E-state index contributed by atoms with van der Waals surface area (Å²) in [5, 5.41) is 0.547. The van der Waals surface area contributed by atoms with Crippen molar-refractivity contribution in [3.63, 3.8) is 0 Å². The third-order valence-electron chi connectivity index (χ3n) is 5.97. The number of methoxy groups -OCH3 is 1. The molecule has 1 aliphatic rings. The molecule has 0 aliphatic heterocycles. The second kappa shape index (κ2) is 8.88. The van der Waals surface area contributed by atoms with Gasteiger partial charge in [0.2, 0.25) is 0 Å². The van der Waals surface area contributed by atoms with Crippen LogP contribution >= 0.6 is 0 Å². The molecule has 2 aromatic carbocycles. The molecule has 1 aliphatic carbocycles. The molecular formula is C24H29N3O3. The van der Waals surface area contributed by atoms with Crippen LogP contribution in [0.4, 0.5) is 0 Å². The molecule has 0 N–H and O–H groups in total. The lowest BCUT2D eigenvalue weighted by atomic mass is 9.92. The van der Waals surface area contributed by atoms with Crippen molar-refractivity contribution in [1.82, 2.24) is 14.5 Å². The molecule has 6 heteroatoms. The number of fused-ring (bicyclic) bond motifs is 1. The summed E-state index contributed by atoms with van der Waals surface area (Å²) in [6, 6.07) is 14.1. The van der Waals surface area contributed by atoms with Crippen LogP contribution in [0.3, 0.4) is 0 Å². The number of benzene rings is 2. The maximum Gasteiger partial charge on any atom is 0.261 e. The van der Waals surface area contributed by atoms with Crippen LogP contribution in [-0.2, 0) is 6.54 Å². The van der Waals surface area contributed by atoms with Crippen molar-refractivity contribution < 1.29 is 9.47 Å². The van der Waals surface area contributed by atoms with Crippen molar-refractivity contribution in [2.75, 3.05) is 21.2 Å². The summed E-state index contributed by atoms with van der Waals surface area (Å²) in [4.78, 5) is 19.9. The Morgan fingerprint density at radius 2 is 1.80 bits per heavy atom. The summed E-state index contributed by atoms with van der Waals surface area (Å²) in [5.41, 5.74) is 1.60. The smallest absolute Gasteiger partial charge is 0.261 e. The van der Waals surface area contributed by atoms with Crippen molar-refractivity contribution in [3.8, 4) is 11.5 Å². The summed E-state index contributed by atoms with van der Waals surface area (Å²) in [6.07, 6.45) is 5.94. The number of aromatic nitrogens is 2. The Morgan fingerprint density at radius 1 is 1.07 bits per heavy atom. The van der Waals surface area contributed by atoms with Gasteiger partial charge in [-0.3, -0.25) is 9.36 Å². The highest BCUT2D eigenvalue weighted by atomic mass is 16.5. The van der Waals surface area contributed by atoms with Crippen molar-refractivity contribution in [2.45, 2.75) is 44.4 Å². The first-order valence-corrected chi connectivity index (χ1v) is 10.5. The minimum absolute atomic E-state index is 0.0762. The minimum Gasteiger partial charge on any atom is -0.493 e. The van der Waals surface area contributed by atoms with Gasteiger partial charge in [-0.15, -0.1) is 0 Å². The summed E-state index contributed by atoms with van der Waals surface area (Å²) in [7, 11) is 5.88. The van der Waals surface area contributed by atoms with E-state index in [1.165, 1.54) is 0 Å². The molecule has 0 atom stereocenters. The first-order chi connectivity index (χ1) is 14.5. The predicted octanol–water partition coefficient (Wildman–Crippen LogP) is 3.71. The van der Waals surface area contributed by atoms with Gasteiger partial charge in [-0.2, -0.15) is 0 Å². The molecule has 158 valence electrons. The van der Waals surface area contributed by atoms with E-state index in [4.69, 9.17) is 9.47 Å². The molecule has 1 fully saturated rings. The zero-order chi connectivity index (χ0) is 21.1. The van der Waals surface area contributed by atoms with Crippen LogP contribution in [0.2, 0.25) is 0 Å². The number of rotatable bonds is 6. The van der Waals surface area contributed by atoms with E-state index in [0.29, 0.717) is 35.0 Å². The first-order valence-electron chi connectivity index (χ1n) is 10.5. The lowest BCUT2D eigenvalue weighted by Gasteiger charge is -2.33. The van der Waals surface area contributed by atoms with Gasteiger partial charge in [-0.1, -0.05) is 30.3 Å². The third kappa shape index (κ3) is 4.33. The quantitative estimate of drug-likeness (QED) is 0.624. The second-order valence-corrected chi connectivity index (χ2v) is 8.20. The van der Waals surface area contributed by atoms with Gasteiger partial charge in [0.05, 0.1) is 37.0 Å². The lowest BCUT2D eigenvalue weighted by molar-refractivity contribution is 0.108. The molecule has 0 amide bonds. The van der Waals surface area contributed by atoms with Gasteiger partial charge in [0, 0.05) is 12.1 Å². The second-order valence-electron chi connectivity index (χ2n) is 8.20. The van der Waals surface area contributed by atoms with E-state index in [2.05, 4.69) is 24.0 Å². The Kier molecular flexibility index (Phi) is 6.04. The molecule has 1 aromatic heterocycles. The predicted molar refractivity (Wildman–Crippen MR) is 118 cm³/mol. The van der Waals surface area contributed by atoms with Crippen molar-refractivity contribution in [2.24, 2.45) is 0 Å². The molecule has 0 saturated heterocycles. The molecule has 0 radical (unpaired) electrons. The third-order valence-corrected chi connectivity index (χ3v) is 5.97. The molecule has 30 heavy (non-hydrogen) atoms. The molecule has 1 saturated carbocycles. The van der Waals surface area contributed by atoms with Crippen LogP contribution in [0.1, 0.15) is 31.2 Å². The Balaban J connectivity index is 1.61. The molecule has 6 nitrogen and oxygen atoms in total. The molecule has 3 aromatic rings. The van der Waals surface area contributed by atoms with Crippen LogP contribution in [0.5, 0.6) is 11.5 Å². The van der Waals surface area contributed by atoms with Crippen LogP contribution in [-0.4, -0.2) is 47.8 Å². The highest BCUT2D eigenvalue weighted by Gasteiger charge is 2.25. The molecule has 0 unspecified atom stereocenters. The highest BCUT2D eigenvalue weighted by Crippen LogP contribution is 2.34. The van der Waals surface area contributed by atoms with Gasteiger partial charge < -0.3 is 14.4 Å². The van der Waals surface area contributed by atoms with Gasteiger partial charge in [-0.25, -0.2) is 4.98 Å². The zero-order valence-electron chi connectivity index (χ0n) is 17.9. The van der Waals surface area contributed by atoms with Crippen LogP contribution in [0.15, 0.2) is 53.6 Å². The molecule has 0 bridgehead atoms. The van der Waals surface area contributed by atoms with E-state index in [1.54, 1.807) is 30.1 Å². The van der Waals surface area contributed by atoms with Crippen molar-refractivity contribution in [3.05, 3.63) is 64.7 Å². The van der Waals surface area contributed by atoms with E-state index < -0.39 is 0 Å². The number of nitrogens with zero attached hydrogens (tertiary/aromatic N) is 3. The fourth-order valence-corrected chi connectivity index (χ4v) is 4.17. The number of hydrogen-bond acceptors (Lipinski definition) is 5. The summed E-state index contributed by atoms with van der Waals surface area (Å²) >= 11 is 0. The standard InChI is InChI=1S/C24H29N3O3/c1-26(2)18-9-11-19(12-10-18)30-23-13-20-21(14-22(23)29-3)25-16-27(24(20)28)15-17-7-5-4-6-8-17/h4-8,13-14,16,18-19H,9-12,15H2,1-3H3/t18-,19+. The SMILES string of the molecule is COc1cc2ncn(Cc3ccccc3)c(=O)c2cc1O[C@H]1CC[C@@H](N(C)C)CC1. The number of ether oxygens (including phenoxy) is 2. The number of hydrogen-bond donors (Lipinski definition) is 0. The fraction of sp³-hybridized carbons (Fsp3) is 0.417. The van der Waals surface area contributed by atoms with E-state index in [9.17, 15) is 4.79 Å². The largest absolute Gasteiger partial charge is 0.493 e. The topological polar surface area (TPSA) is 56.6 Å². The van der Waals surface area contributed by atoms with Crippen LogP contribution < -0.4 is 15.0 Å². The Labute approximate surface area is 177 Å². The molecule has 4 rings (SSSR count). The molecule has 1 heterocycles. The monoisotopic (exact) mass is 407 g/mol. The van der Waals surface area contributed by atoms with Crippen molar-refractivity contribution >= 4 is 10.9 Å². The molecule has 0 spiro atoms.